The summed E-state index contributed by atoms with van der Waals surface area (Å²) in [4.78, 5) is 29.1. The molecule has 2 atom stereocenters. The summed E-state index contributed by atoms with van der Waals surface area (Å²) in [5.74, 6) is -3.42. The predicted molar refractivity (Wildman–Crippen MR) is 76.0 cm³/mol. The summed E-state index contributed by atoms with van der Waals surface area (Å²) >= 11 is 0. The van der Waals surface area contributed by atoms with E-state index in [4.69, 9.17) is 9.79 Å². The van der Waals surface area contributed by atoms with E-state index in [1.807, 2.05) is 0 Å². The molecular weight excluding hydrogens is 422 g/mol. The fraction of sp³-hybridized carbons (Fsp3) is 0.583. The Bertz CT molecular complexity index is 754. The fourth-order valence-electron chi connectivity index (χ4n) is 2.05. The number of halogens is 2. The molecule has 8 nitrogen and oxygen atoms in total. The molecule has 0 unspecified atom stereocenters. The summed E-state index contributed by atoms with van der Waals surface area (Å²) in [6, 6.07) is -1.40. The Hall–Kier alpha value is -0.376. The van der Waals surface area contributed by atoms with Crippen LogP contribution in [0.4, 0.5) is 8.78 Å². The predicted octanol–water partition coefficient (Wildman–Crippen LogP) is 1.67. The minimum atomic E-state index is -4.53. The zero-order valence-corrected chi connectivity index (χ0v) is 17.0. The quantitative estimate of drug-likeness (QED) is 0.522. The van der Waals surface area contributed by atoms with Crippen LogP contribution >= 0.6 is 7.60 Å². The van der Waals surface area contributed by atoms with Crippen molar-refractivity contribution in [2.75, 3.05) is 6.35 Å². The standard InChI is InChI=1S/C12H16F2N4O4P.Y/c1-7-10-11(16-4-15-7)18(5-17-10)8(2)12(13,14)9(3)22-6-23(19,20)21;/h5,8-9H,6H2,1-3H3,(H2,19,20,21);/q-1;/t8-,9+;/m0./s1. The second-order valence-electron chi connectivity index (χ2n) is 5.19. The molecule has 2 heterocycles. The van der Waals surface area contributed by atoms with Crippen molar-refractivity contribution >= 4 is 18.8 Å². The molecule has 2 rings (SSSR count). The Morgan fingerprint density at radius 2 is 2.04 bits per heavy atom. The van der Waals surface area contributed by atoms with Crippen molar-refractivity contribution < 1.29 is 60.6 Å². The number of imidazole rings is 1. The van der Waals surface area contributed by atoms with Crippen molar-refractivity contribution in [1.29, 1.82) is 0 Å². The Labute approximate surface area is 162 Å². The van der Waals surface area contributed by atoms with Gasteiger partial charge in [0, 0.05) is 50.2 Å². The molecule has 1 radical (unpaired) electrons. The van der Waals surface area contributed by atoms with Crippen LogP contribution in [0.25, 0.3) is 11.2 Å². The summed E-state index contributed by atoms with van der Waals surface area (Å²) in [6.45, 7) is 3.96. The molecule has 2 aromatic rings. The number of hydrogen-bond acceptors (Lipinski definition) is 5. The van der Waals surface area contributed by atoms with Gasteiger partial charge in [-0.1, -0.05) is 6.92 Å². The van der Waals surface area contributed by atoms with Gasteiger partial charge >= 0.3 is 7.60 Å². The van der Waals surface area contributed by atoms with E-state index in [2.05, 4.69) is 26.0 Å². The molecule has 0 aromatic carbocycles. The van der Waals surface area contributed by atoms with Gasteiger partial charge in [-0.25, -0.2) is 8.78 Å². The van der Waals surface area contributed by atoms with Crippen molar-refractivity contribution in [1.82, 2.24) is 19.5 Å². The van der Waals surface area contributed by atoms with Gasteiger partial charge in [-0.2, -0.15) is 0 Å². The number of alkyl halides is 2. The Morgan fingerprint density at radius 3 is 2.62 bits per heavy atom. The first kappa shape index (κ1) is 21.7. The van der Waals surface area contributed by atoms with Gasteiger partial charge in [0.1, 0.15) is 12.5 Å². The molecule has 2 aromatic heterocycles. The third kappa shape index (κ3) is 4.62. The minimum absolute atomic E-state index is 0. The van der Waals surface area contributed by atoms with Crippen LogP contribution in [-0.4, -0.2) is 47.7 Å². The SMILES string of the molecule is Cc1n[c-]nc2c1ncn2[C@@H](C)C(F)(F)[C@@H](C)OCP(=O)(O)O.[Y]. The zero-order valence-electron chi connectivity index (χ0n) is 13.2. The molecule has 0 spiro atoms. The molecule has 0 saturated heterocycles. The summed E-state index contributed by atoms with van der Waals surface area (Å²) in [7, 11) is -4.53. The van der Waals surface area contributed by atoms with Crippen molar-refractivity contribution in [3.63, 3.8) is 0 Å². The van der Waals surface area contributed by atoms with Gasteiger partial charge in [-0.3, -0.25) is 9.55 Å². The molecule has 0 aliphatic rings. The fourth-order valence-corrected chi connectivity index (χ4v) is 2.47. The molecule has 131 valence electrons. The van der Waals surface area contributed by atoms with Crippen LogP contribution in [0.1, 0.15) is 25.6 Å². The molecular formula is C12H16F2N4O4PY-. The number of rotatable bonds is 6. The van der Waals surface area contributed by atoms with E-state index >= 15 is 0 Å². The largest absolute Gasteiger partial charge is 0.369 e. The van der Waals surface area contributed by atoms with Gasteiger partial charge in [-0.05, 0) is 19.5 Å². The maximum atomic E-state index is 14.5. The topological polar surface area (TPSA) is 110 Å². The van der Waals surface area contributed by atoms with Gasteiger partial charge < -0.3 is 29.1 Å². The molecule has 0 fully saturated rings. The average molecular weight is 438 g/mol. The smallest absolute Gasteiger partial charge is 0.350 e. The Kier molecular flexibility index (Phi) is 7.12. The Balaban J connectivity index is 0.00000288. The number of aryl methyl sites for hydroxylation is 1. The van der Waals surface area contributed by atoms with E-state index in [9.17, 15) is 13.3 Å². The van der Waals surface area contributed by atoms with Crippen LogP contribution in [0.3, 0.4) is 0 Å². The average Bonchev–Trinajstić information content (AvgIpc) is 2.88. The maximum absolute atomic E-state index is 14.5. The molecule has 0 aliphatic heterocycles. The second-order valence-corrected chi connectivity index (χ2v) is 6.77. The van der Waals surface area contributed by atoms with Gasteiger partial charge in [0.25, 0.3) is 5.92 Å². The number of ether oxygens (including phenoxy) is 1. The van der Waals surface area contributed by atoms with E-state index in [1.54, 1.807) is 6.92 Å². The molecule has 0 saturated carbocycles. The van der Waals surface area contributed by atoms with Crippen molar-refractivity contribution in [3.05, 3.63) is 18.3 Å². The summed E-state index contributed by atoms with van der Waals surface area (Å²) in [6.07, 6.45) is 0.801. The Morgan fingerprint density at radius 1 is 1.42 bits per heavy atom. The van der Waals surface area contributed by atoms with Crippen LogP contribution in [0.2, 0.25) is 0 Å². The summed E-state index contributed by atoms with van der Waals surface area (Å²) in [5.41, 5.74) is 1.09. The number of aromatic nitrogens is 4. The second kappa shape index (κ2) is 7.89. The maximum Gasteiger partial charge on any atom is 0.350 e. The molecule has 2 N–H and O–H groups in total. The van der Waals surface area contributed by atoms with Crippen LogP contribution in [0, 0.1) is 13.3 Å². The zero-order chi connectivity index (χ0) is 17.4. The van der Waals surface area contributed by atoms with Crippen LogP contribution < -0.4 is 0 Å². The number of nitrogens with zero attached hydrogens (tertiary/aromatic N) is 4. The molecule has 12 heteroatoms. The van der Waals surface area contributed by atoms with Gasteiger partial charge in [0.05, 0.1) is 12.4 Å². The van der Waals surface area contributed by atoms with Gasteiger partial charge in [-0.15, -0.1) is 0 Å². The third-order valence-electron chi connectivity index (χ3n) is 3.49. The molecule has 0 aliphatic carbocycles. The van der Waals surface area contributed by atoms with Gasteiger partial charge in [0.15, 0.2) is 0 Å². The molecule has 0 amide bonds. The van der Waals surface area contributed by atoms with Crippen LogP contribution in [-0.2, 0) is 42.0 Å². The van der Waals surface area contributed by atoms with Crippen LogP contribution in [0.5, 0.6) is 0 Å². The monoisotopic (exact) mass is 438 g/mol. The molecule has 24 heavy (non-hydrogen) atoms. The summed E-state index contributed by atoms with van der Waals surface area (Å²) < 4.78 is 45.6. The number of fused-ring (bicyclic) bond motifs is 1. The van der Waals surface area contributed by atoms with E-state index in [1.165, 1.54) is 13.3 Å². The van der Waals surface area contributed by atoms with E-state index in [-0.39, 0.29) is 38.4 Å². The normalized spacial score (nSPS) is 15.1. The number of hydrogen-bond donors (Lipinski definition) is 2. The van der Waals surface area contributed by atoms with Crippen molar-refractivity contribution in [3.8, 4) is 0 Å². The summed E-state index contributed by atoms with van der Waals surface area (Å²) in [5, 5.41) is 0. The van der Waals surface area contributed by atoms with E-state index in [0.29, 0.717) is 11.2 Å². The van der Waals surface area contributed by atoms with Crippen molar-refractivity contribution in [2.24, 2.45) is 0 Å². The first-order valence-corrected chi connectivity index (χ1v) is 8.45. The molecule has 0 bridgehead atoms. The third-order valence-corrected chi connectivity index (χ3v) is 3.98. The van der Waals surface area contributed by atoms with E-state index < -0.39 is 32.0 Å². The minimum Gasteiger partial charge on any atom is -0.369 e. The van der Waals surface area contributed by atoms with Gasteiger partial charge in [0.2, 0.25) is 0 Å². The first-order valence-electron chi connectivity index (χ1n) is 6.65. The van der Waals surface area contributed by atoms with E-state index in [0.717, 1.165) is 11.5 Å². The van der Waals surface area contributed by atoms with Crippen molar-refractivity contribution in [2.45, 2.75) is 38.8 Å². The first-order chi connectivity index (χ1) is 10.5. The van der Waals surface area contributed by atoms with Crippen LogP contribution in [0.15, 0.2) is 6.33 Å².